The van der Waals surface area contributed by atoms with Crippen molar-refractivity contribution in [3.05, 3.63) is 36.5 Å². The highest BCUT2D eigenvalue weighted by atomic mass is 19.1. The predicted octanol–water partition coefficient (Wildman–Crippen LogP) is 1.96. The van der Waals surface area contributed by atoms with Crippen LogP contribution in [0, 0.1) is 0 Å². The Labute approximate surface area is 62.1 Å². The summed E-state index contributed by atoms with van der Waals surface area (Å²) in [5.74, 6) is -4.25. The Bertz CT molecular complexity index is 225. The Balaban J connectivity index is 5.04. The lowest BCUT2D eigenvalue weighted by molar-refractivity contribution is -0.132. The van der Waals surface area contributed by atoms with Crippen molar-refractivity contribution in [2.24, 2.45) is 0 Å². The summed E-state index contributed by atoms with van der Waals surface area (Å²) in [6, 6.07) is 0. The van der Waals surface area contributed by atoms with Crippen molar-refractivity contribution in [1.82, 2.24) is 0 Å². The molecule has 0 saturated carbocycles. The minimum Gasteiger partial charge on any atom is -0.477 e. The maximum atomic E-state index is 12.4. The van der Waals surface area contributed by atoms with Crippen LogP contribution in [-0.4, -0.2) is 11.1 Å². The molecule has 0 aromatic rings. The summed E-state index contributed by atoms with van der Waals surface area (Å²) in [7, 11) is 0. The number of allylic oxidation sites excluding steroid dienone is 2. The second kappa shape index (κ2) is 3.65. The van der Waals surface area contributed by atoms with Crippen LogP contribution in [0.5, 0.6) is 0 Å². The van der Waals surface area contributed by atoms with Gasteiger partial charge in [0.1, 0.15) is 17.2 Å². The lowest BCUT2D eigenvalue weighted by Gasteiger charge is -1.96. The van der Waals surface area contributed by atoms with Crippen LogP contribution in [0.4, 0.5) is 8.78 Å². The summed E-state index contributed by atoms with van der Waals surface area (Å²) in [6.45, 7) is 5.59. The van der Waals surface area contributed by atoms with E-state index in [9.17, 15) is 13.6 Å². The second-order valence-corrected chi connectivity index (χ2v) is 1.64. The molecular weight excluding hydrogens is 154 g/mol. The predicted molar refractivity (Wildman–Crippen MR) is 36.2 cm³/mol. The minimum absolute atomic E-state index is 0.605. The topological polar surface area (TPSA) is 37.3 Å². The summed E-state index contributed by atoms with van der Waals surface area (Å²) in [5.41, 5.74) is -1.08. The van der Waals surface area contributed by atoms with Gasteiger partial charge in [0.05, 0.1) is 0 Å². The quantitative estimate of drug-likeness (QED) is 0.506. The smallest absolute Gasteiger partial charge is 0.341 e. The number of carboxylic acids is 1. The van der Waals surface area contributed by atoms with Gasteiger partial charge in [-0.3, -0.25) is 0 Å². The van der Waals surface area contributed by atoms with E-state index in [4.69, 9.17) is 5.11 Å². The zero-order valence-corrected chi connectivity index (χ0v) is 5.60. The Morgan fingerprint density at radius 3 is 2.00 bits per heavy atom. The molecule has 0 aromatic carbocycles. The molecule has 0 radical (unpaired) electrons. The summed E-state index contributed by atoms with van der Waals surface area (Å²) in [4.78, 5) is 10.1. The first-order valence-corrected chi connectivity index (χ1v) is 2.61. The van der Waals surface area contributed by atoms with Gasteiger partial charge in [0, 0.05) is 0 Å². The molecule has 60 valence electrons. The molecule has 2 nitrogen and oxygen atoms in total. The molecule has 11 heavy (non-hydrogen) atoms. The van der Waals surface area contributed by atoms with Gasteiger partial charge in [-0.2, -0.15) is 0 Å². The van der Waals surface area contributed by atoms with Gasteiger partial charge >= 0.3 is 5.97 Å². The molecule has 0 aromatic heterocycles. The first-order chi connectivity index (χ1) is 5.00. The van der Waals surface area contributed by atoms with E-state index in [0.29, 0.717) is 6.08 Å². The maximum absolute atomic E-state index is 12.4. The van der Waals surface area contributed by atoms with Gasteiger partial charge in [-0.25, -0.2) is 13.6 Å². The van der Waals surface area contributed by atoms with Crippen molar-refractivity contribution in [1.29, 1.82) is 0 Å². The van der Waals surface area contributed by atoms with Crippen LogP contribution in [0.3, 0.4) is 0 Å². The summed E-state index contributed by atoms with van der Waals surface area (Å²) in [5, 5.41) is 8.20. The van der Waals surface area contributed by atoms with Crippen LogP contribution >= 0.6 is 0 Å². The van der Waals surface area contributed by atoms with Gasteiger partial charge in [-0.15, -0.1) is 0 Å². The van der Waals surface area contributed by atoms with E-state index in [-0.39, 0.29) is 0 Å². The molecule has 0 bridgehead atoms. The molecule has 0 heterocycles. The maximum Gasteiger partial charge on any atom is 0.341 e. The van der Waals surface area contributed by atoms with Gasteiger partial charge in [0.2, 0.25) is 0 Å². The SMILES string of the molecule is C=C/C(F)=C(\C(=C)F)C(=O)O. The zero-order chi connectivity index (χ0) is 9.02. The highest BCUT2D eigenvalue weighted by Gasteiger charge is 2.15. The van der Waals surface area contributed by atoms with Crippen molar-refractivity contribution < 1.29 is 18.7 Å². The molecule has 0 unspecified atom stereocenters. The van der Waals surface area contributed by atoms with E-state index in [0.717, 1.165) is 0 Å². The van der Waals surface area contributed by atoms with E-state index in [1.807, 2.05) is 0 Å². The number of hydrogen-bond acceptors (Lipinski definition) is 1. The van der Waals surface area contributed by atoms with Crippen molar-refractivity contribution in [2.75, 3.05) is 0 Å². The Kier molecular flexibility index (Phi) is 3.17. The molecule has 0 spiro atoms. The van der Waals surface area contributed by atoms with E-state index in [1.165, 1.54) is 0 Å². The molecule has 0 aliphatic heterocycles. The van der Waals surface area contributed by atoms with Crippen LogP contribution in [0.2, 0.25) is 0 Å². The van der Waals surface area contributed by atoms with Crippen LogP contribution in [-0.2, 0) is 4.79 Å². The third kappa shape index (κ3) is 2.33. The zero-order valence-electron chi connectivity index (χ0n) is 5.60. The minimum atomic E-state index is -1.70. The van der Waals surface area contributed by atoms with Gasteiger partial charge < -0.3 is 5.11 Å². The van der Waals surface area contributed by atoms with E-state index in [2.05, 4.69) is 13.2 Å². The Hall–Kier alpha value is -1.45. The van der Waals surface area contributed by atoms with Crippen LogP contribution in [0.15, 0.2) is 36.5 Å². The van der Waals surface area contributed by atoms with Gasteiger partial charge in [-0.1, -0.05) is 13.2 Å². The highest BCUT2D eigenvalue weighted by molar-refractivity contribution is 5.91. The van der Waals surface area contributed by atoms with Crippen LogP contribution < -0.4 is 0 Å². The van der Waals surface area contributed by atoms with Crippen molar-refractivity contribution >= 4 is 5.97 Å². The summed E-state index contributed by atoms with van der Waals surface area (Å²) >= 11 is 0. The lowest BCUT2D eigenvalue weighted by Crippen LogP contribution is -2.02. The molecule has 0 amide bonds. The molecule has 0 rings (SSSR count). The Morgan fingerprint density at radius 1 is 1.45 bits per heavy atom. The van der Waals surface area contributed by atoms with Crippen molar-refractivity contribution in [2.45, 2.75) is 0 Å². The number of carboxylic acid groups (broad SMARTS) is 1. The van der Waals surface area contributed by atoms with Crippen molar-refractivity contribution in [3.63, 3.8) is 0 Å². The van der Waals surface area contributed by atoms with Gasteiger partial charge in [-0.05, 0) is 6.08 Å². The van der Waals surface area contributed by atoms with E-state index in [1.54, 1.807) is 0 Å². The monoisotopic (exact) mass is 160 g/mol. The lowest BCUT2D eigenvalue weighted by atomic mass is 10.2. The molecule has 0 aliphatic rings. The first kappa shape index (κ1) is 9.55. The molecule has 1 N–H and O–H groups in total. The fourth-order valence-corrected chi connectivity index (χ4v) is 0.450. The fraction of sp³-hybridized carbons (Fsp3) is 0. The fourth-order valence-electron chi connectivity index (χ4n) is 0.450. The third-order valence-corrected chi connectivity index (χ3v) is 0.903. The summed E-state index contributed by atoms with van der Waals surface area (Å²) < 4.78 is 24.5. The number of rotatable bonds is 3. The van der Waals surface area contributed by atoms with Crippen LogP contribution in [0.25, 0.3) is 0 Å². The molecule has 0 saturated heterocycles. The van der Waals surface area contributed by atoms with E-state index >= 15 is 0 Å². The number of halogens is 2. The standard InChI is InChI=1S/C7H6F2O2/c1-3-5(9)6(4(2)8)7(10)11/h3H,1-2H2,(H,10,11)/b6-5-. The van der Waals surface area contributed by atoms with E-state index < -0.39 is 23.2 Å². The number of aliphatic carboxylic acids is 1. The average Bonchev–Trinajstić information content (AvgIpc) is 1.85. The third-order valence-electron chi connectivity index (χ3n) is 0.903. The van der Waals surface area contributed by atoms with Crippen molar-refractivity contribution in [3.8, 4) is 0 Å². The largest absolute Gasteiger partial charge is 0.477 e. The first-order valence-electron chi connectivity index (χ1n) is 2.61. The Morgan fingerprint density at radius 2 is 1.91 bits per heavy atom. The molecule has 0 aliphatic carbocycles. The van der Waals surface area contributed by atoms with Gasteiger partial charge in [0.25, 0.3) is 0 Å². The highest BCUT2D eigenvalue weighted by Crippen LogP contribution is 2.16. The number of hydrogen-bond donors (Lipinski definition) is 1. The normalized spacial score (nSPS) is 11.8. The van der Waals surface area contributed by atoms with Crippen LogP contribution in [0.1, 0.15) is 0 Å². The average molecular weight is 160 g/mol. The molecule has 0 atom stereocenters. The second-order valence-electron chi connectivity index (χ2n) is 1.64. The summed E-state index contributed by atoms with van der Waals surface area (Å²) in [6.07, 6.45) is 0.605. The molecular formula is C7H6F2O2. The molecule has 4 heteroatoms. The van der Waals surface area contributed by atoms with Gasteiger partial charge in [0.15, 0.2) is 0 Å². The number of carbonyl (C=O) groups is 1. The molecule has 0 fully saturated rings.